The van der Waals surface area contributed by atoms with Crippen LogP contribution in [0.2, 0.25) is 0 Å². The SMILES string of the molecule is CC(=O)N[C@H]1[C@H](Oc2ccc3c(C)cc(=O)oc3c2)O[C@H](CO)[C@@H](O[C@@H]2O[C@H](CO)[C@H](O)[C@H](O[C@H]3O[C@H](C=O)[C@H](O)[C@H](O)[C@H]3O)[C@H]2O)[C@@H]1O. The van der Waals surface area contributed by atoms with Crippen molar-refractivity contribution in [2.45, 2.75) is 106 Å². The Balaban J connectivity index is 1.37. The molecule has 0 bridgehead atoms. The van der Waals surface area contributed by atoms with Gasteiger partial charge in [-0.25, -0.2) is 4.79 Å². The summed E-state index contributed by atoms with van der Waals surface area (Å²) < 4.78 is 39.2. The molecule has 5 rings (SSSR count). The van der Waals surface area contributed by atoms with Crippen molar-refractivity contribution < 1.29 is 83.3 Å². The molecule has 3 fully saturated rings. The molecule has 49 heavy (non-hydrogen) atoms. The number of aryl methyl sites for hydroxylation is 1. The van der Waals surface area contributed by atoms with Crippen molar-refractivity contribution in [3.8, 4) is 5.75 Å². The lowest BCUT2D eigenvalue weighted by Gasteiger charge is -2.48. The first-order valence-electron chi connectivity index (χ1n) is 15.3. The van der Waals surface area contributed by atoms with E-state index in [-0.39, 0.29) is 17.6 Å². The van der Waals surface area contributed by atoms with Crippen molar-refractivity contribution in [3.05, 3.63) is 40.2 Å². The van der Waals surface area contributed by atoms with Crippen LogP contribution < -0.4 is 15.7 Å². The lowest BCUT2D eigenvalue weighted by atomic mass is 9.95. The number of hydrogen-bond acceptors (Lipinski definition) is 18. The minimum Gasteiger partial charge on any atom is -0.462 e. The molecule has 3 aliphatic heterocycles. The molecular weight excluding hydrogens is 662 g/mol. The summed E-state index contributed by atoms with van der Waals surface area (Å²) >= 11 is 0. The van der Waals surface area contributed by atoms with Crippen LogP contribution >= 0.6 is 0 Å². The smallest absolute Gasteiger partial charge is 0.336 e. The number of aliphatic hydroxyl groups excluding tert-OH is 8. The Morgan fingerprint density at radius 2 is 1.47 bits per heavy atom. The molecule has 3 saturated heterocycles. The largest absolute Gasteiger partial charge is 0.462 e. The van der Waals surface area contributed by atoms with Crippen LogP contribution in [0, 0.1) is 6.92 Å². The molecule has 272 valence electrons. The van der Waals surface area contributed by atoms with Crippen LogP contribution in [0.3, 0.4) is 0 Å². The van der Waals surface area contributed by atoms with Crippen LogP contribution in [0.4, 0.5) is 0 Å². The van der Waals surface area contributed by atoms with E-state index in [1.165, 1.54) is 18.2 Å². The molecule has 0 radical (unpaired) electrons. The van der Waals surface area contributed by atoms with Gasteiger partial charge in [0.2, 0.25) is 12.2 Å². The monoisotopic (exact) mass is 701 g/mol. The van der Waals surface area contributed by atoms with E-state index >= 15 is 0 Å². The molecule has 4 heterocycles. The fourth-order valence-corrected chi connectivity index (χ4v) is 5.97. The lowest BCUT2D eigenvalue weighted by molar-refractivity contribution is -0.371. The van der Waals surface area contributed by atoms with E-state index in [0.29, 0.717) is 10.9 Å². The zero-order chi connectivity index (χ0) is 35.7. The van der Waals surface area contributed by atoms with E-state index in [1.807, 2.05) is 0 Å². The van der Waals surface area contributed by atoms with E-state index in [0.717, 1.165) is 6.92 Å². The first-order valence-corrected chi connectivity index (χ1v) is 15.3. The second-order valence-electron chi connectivity index (χ2n) is 12.0. The van der Waals surface area contributed by atoms with Gasteiger partial charge in [-0.1, -0.05) is 0 Å². The number of carbonyl (C=O) groups excluding carboxylic acids is 2. The molecule has 19 heteroatoms. The van der Waals surface area contributed by atoms with Crippen LogP contribution in [-0.2, 0) is 33.3 Å². The van der Waals surface area contributed by atoms with E-state index in [4.69, 9.17) is 32.8 Å². The van der Waals surface area contributed by atoms with Gasteiger partial charge in [0.25, 0.3) is 0 Å². The Morgan fingerprint density at radius 1 is 0.816 bits per heavy atom. The summed E-state index contributed by atoms with van der Waals surface area (Å²) in [7, 11) is 0. The van der Waals surface area contributed by atoms with Gasteiger partial charge in [-0.2, -0.15) is 0 Å². The summed E-state index contributed by atoms with van der Waals surface area (Å²) in [6, 6.07) is 4.49. The van der Waals surface area contributed by atoms with E-state index in [2.05, 4.69) is 5.32 Å². The van der Waals surface area contributed by atoms with Crippen LogP contribution in [0.1, 0.15) is 12.5 Å². The maximum absolute atomic E-state index is 12.2. The predicted molar refractivity (Wildman–Crippen MR) is 157 cm³/mol. The topological polar surface area (TPSA) is 294 Å². The zero-order valence-electron chi connectivity index (χ0n) is 26.1. The molecule has 1 aromatic heterocycles. The molecule has 1 amide bonds. The maximum atomic E-state index is 12.2. The molecule has 1 aromatic carbocycles. The summed E-state index contributed by atoms with van der Waals surface area (Å²) in [4.78, 5) is 35.4. The van der Waals surface area contributed by atoms with E-state index in [9.17, 15) is 55.2 Å². The molecule has 19 nitrogen and oxygen atoms in total. The average Bonchev–Trinajstić information content (AvgIpc) is 3.06. The summed E-state index contributed by atoms with van der Waals surface area (Å²) in [5, 5.41) is 87.2. The summed E-state index contributed by atoms with van der Waals surface area (Å²) in [5.41, 5.74) is 0.246. The highest BCUT2D eigenvalue weighted by molar-refractivity contribution is 5.81. The first kappa shape index (κ1) is 37.1. The van der Waals surface area contributed by atoms with E-state index < -0.39 is 117 Å². The normalized spacial score (nSPS) is 39.8. The van der Waals surface area contributed by atoms with Gasteiger partial charge in [0.1, 0.15) is 84.5 Å². The third-order valence-corrected chi connectivity index (χ3v) is 8.54. The fourth-order valence-electron chi connectivity index (χ4n) is 5.97. The molecule has 2 aromatic rings. The number of hydrogen-bond donors (Lipinski definition) is 9. The average molecular weight is 702 g/mol. The van der Waals surface area contributed by atoms with Gasteiger partial charge in [0.15, 0.2) is 18.9 Å². The number of aliphatic hydroxyl groups is 8. The number of nitrogens with one attached hydrogen (secondary N) is 1. The van der Waals surface area contributed by atoms with Crippen molar-refractivity contribution in [2.75, 3.05) is 13.2 Å². The highest BCUT2D eigenvalue weighted by Gasteiger charge is 2.54. The molecule has 9 N–H and O–H groups in total. The summed E-state index contributed by atoms with van der Waals surface area (Å²) in [6.45, 7) is 1.21. The molecule has 0 saturated carbocycles. The second kappa shape index (κ2) is 15.4. The van der Waals surface area contributed by atoms with Crippen molar-refractivity contribution in [1.29, 1.82) is 0 Å². The number of carbonyl (C=O) groups is 2. The molecular formula is C30H39NO18. The maximum Gasteiger partial charge on any atom is 0.336 e. The molecule has 0 spiro atoms. The number of amides is 1. The zero-order valence-corrected chi connectivity index (χ0v) is 26.1. The minimum absolute atomic E-state index is 0.109. The van der Waals surface area contributed by atoms with Gasteiger partial charge >= 0.3 is 5.63 Å². The number of rotatable bonds is 10. The van der Waals surface area contributed by atoms with Crippen LogP contribution in [0.25, 0.3) is 11.0 Å². The summed E-state index contributed by atoms with van der Waals surface area (Å²) in [6.07, 6.45) is -24.2. The Kier molecular flexibility index (Phi) is 11.7. The quantitative estimate of drug-likeness (QED) is 0.0830. The van der Waals surface area contributed by atoms with Gasteiger partial charge < -0.3 is 83.8 Å². The van der Waals surface area contributed by atoms with Crippen molar-refractivity contribution in [2.24, 2.45) is 0 Å². The Morgan fingerprint density at radius 3 is 2.12 bits per heavy atom. The molecule has 3 aliphatic rings. The van der Waals surface area contributed by atoms with Crippen LogP contribution in [0.5, 0.6) is 5.75 Å². The lowest BCUT2D eigenvalue weighted by Crippen LogP contribution is -2.68. The first-order chi connectivity index (χ1) is 23.3. The number of fused-ring (bicyclic) bond motifs is 1. The highest BCUT2D eigenvalue weighted by atomic mass is 16.8. The minimum atomic E-state index is -1.98. The molecule has 0 aliphatic carbocycles. The third kappa shape index (κ3) is 7.64. The van der Waals surface area contributed by atoms with E-state index in [1.54, 1.807) is 13.0 Å². The molecule has 0 unspecified atom stereocenters. The van der Waals surface area contributed by atoms with Gasteiger partial charge in [-0.15, -0.1) is 0 Å². The van der Waals surface area contributed by atoms with Gasteiger partial charge in [0, 0.05) is 24.4 Å². The van der Waals surface area contributed by atoms with Crippen molar-refractivity contribution >= 4 is 23.2 Å². The highest BCUT2D eigenvalue weighted by Crippen LogP contribution is 2.33. The second-order valence-corrected chi connectivity index (χ2v) is 12.0. The summed E-state index contributed by atoms with van der Waals surface area (Å²) in [5.74, 6) is -0.516. The Bertz CT molecular complexity index is 1520. The number of benzene rings is 1. The van der Waals surface area contributed by atoms with Crippen LogP contribution in [-0.4, -0.2) is 158 Å². The molecule has 15 atom stereocenters. The standard InChI is InChI=1S/C30H39NO18/c1-10-5-18(36)44-14-6-12(3-4-13(10)14)43-28-19(31-11(2)35)22(39)26(17(9-34)47-28)48-30-25(42)27(21(38)16(8-33)46-30)49-29-24(41)23(40)20(37)15(7-32)45-29/h3-7,15-17,19-30,33-34,37-42H,8-9H2,1-2H3,(H,31,35)/t15-,16-,17-,19-,20+,21+,22-,23+,24-,25-,26-,27+,28-,29-,30+/m1/s1. The number of ether oxygens (including phenoxy) is 6. The van der Waals surface area contributed by atoms with Crippen molar-refractivity contribution in [1.82, 2.24) is 5.32 Å². The Hall–Kier alpha value is -3.15. The van der Waals surface area contributed by atoms with Gasteiger partial charge in [-0.3, -0.25) is 4.79 Å². The van der Waals surface area contributed by atoms with Gasteiger partial charge in [0.05, 0.1) is 13.2 Å². The van der Waals surface area contributed by atoms with Crippen LogP contribution in [0.15, 0.2) is 33.5 Å². The fraction of sp³-hybridized carbons (Fsp3) is 0.633. The van der Waals surface area contributed by atoms with Gasteiger partial charge in [-0.05, 0) is 24.6 Å². The third-order valence-electron chi connectivity index (χ3n) is 8.54. The number of aldehydes is 1. The predicted octanol–water partition coefficient (Wildman–Crippen LogP) is -4.72. The van der Waals surface area contributed by atoms with Crippen molar-refractivity contribution in [3.63, 3.8) is 0 Å². The Labute approximate surface area is 277 Å².